The predicted octanol–water partition coefficient (Wildman–Crippen LogP) is 3.02. The van der Waals surface area contributed by atoms with Crippen molar-refractivity contribution in [2.75, 3.05) is 13.1 Å². The summed E-state index contributed by atoms with van der Waals surface area (Å²) in [6.07, 6.45) is 3.45. The largest absolute Gasteiger partial charge is 0.285 e. The molecule has 3 rings (SSSR count). The fourth-order valence-electron chi connectivity index (χ4n) is 2.88. The molecule has 1 aliphatic heterocycles. The molecule has 0 unspecified atom stereocenters. The molecule has 2 aromatic rings. The van der Waals surface area contributed by atoms with E-state index in [9.17, 15) is 4.79 Å². The number of carbonyl (C=O) groups is 1. The Balaban J connectivity index is 1.75. The zero-order valence-electron chi connectivity index (χ0n) is 13.3. The van der Waals surface area contributed by atoms with Crippen LogP contribution in [0.4, 0.5) is 0 Å². The zero-order chi connectivity index (χ0) is 16.2. The second-order valence-electron chi connectivity index (χ2n) is 5.88. The third kappa shape index (κ3) is 3.74. The first-order chi connectivity index (χ1) is 11.1. The van der Waals surface area contributed by atoms with Gasteiger partial charge in [-0.25, -0.2) is 9.69 Å². The summed E-state index contributed by atoms with van der Waals surface area (Å²) >= 11 is 6.41. The van der Waals surface area contributed by atoms with E-state index in [-0.39, 0.29) is 5.91 Å². The van der Waals surface area contributed by atoms with Gasteiger partial charge in [0.2, 0.25) is 0 Å². The van der Waals surface area contributed by atoms with Gasteiger partial charge in [-0.15, -0.1) is 0 Å². The van der Waals surface area contributed by atoms with Crippen LogP contribution >= 0.6 is 11.6 Å². The lowest BCUT2D eigenvalue weighted by Crippen LogP contribution is -2.45. The molecule has 0 radical (unpaired) electrons. The van der Waals surface area contributed by atoms with Gasteiger partial charge in [0.05, 0.1) is 12.2 Å². The number of nitrogens with one attached hydrogen (secondary N) is 1. The molecule has 2 heterocycles. The number of rotatable bonds is 4. The van der Waals surface area contributed by atoms with Gasteiger partial charge in [0.25, 0.3) is 5.91 Å². The third-order valence-electron chi connectivity index (χ3n) is 4.08. The van der Waals surface area contributed by atoms with Crippen LogP contribution in [0.25, 0.3) is 0 Å². The zero-order valence-corrected chi connectivity index (χ0v) is 14.0. The quantitative estimate of drug-likeness (QED) is 0.936. The lowest BCUT2D eigenvalue weighted by molar-refractivity contribution is 0.0749. The summed E-state index contributed by atoms with van der Waals surface area (Å²) < 4.78 is 1.68. The van der Waals surface area contributed by atoms with Gasteiger partial charge in [0, 0.05) is 13.1 Å². The number of hydrogen-bond acceptors (Lipinski definition) is 3. The maximum Gasteiger partial charge on any atom is 0.270 e. The number of carbonyl (C=O) groups excluding carboxylic acids is 1. The van der Waals surface area contributed by atoms with Crippen LogP contribution in [0.1, 0.15) is 40.9 Å². The standard InChI is InChI=1S/C17H21ClN4O/c1-13-15(17(23)20-21-10-6-3-7-11-21)16(18)22(19-13)12-14-8-4-2-5-9-14/h2,4-5,8-9H,3,6-7,10-12H2,1H3,(H,20,23). The van der Waals surface area contributed by atoms with E-state index in [2.05, 4.69) is 10.5 Å². The first kappa shape index (κ1) is 16.0. The van der Waals surface area contributed by atoms with Crippen molar-refractivity contribution in [2.24, 2.45) is 0 Å². The fourth-order valence-corrected chi connectivity index (χ4v) is 3.20. The summed E-state index contributed by atoms with van der Waals surface area (Å²) in [5, 5.41) is 6.78. The average Bonchev–Trinajstić information content (AvgIpc) is 2.83. The molecule has 0 aliphatic carbocycles. The molecule has 0 bridgehead atoms. The van der Waals surface area contributed by atoms with E-state index in [4.69, 9.17) is 11.6 Å². The van der Waals surface area contributed by atoms with E-state index in [0.717, 1.165) is 31.5 Å². The van der Waals surface area contributed by atoms with Gasteiger partial charge in [-0.3, -0.25) is 10.2 Å². The lowest BCUT2D eigenvalue weighted by atomic mass is 10.2. The number of nitrogens with zero attached hydrogens (tertiary/aromatic N) is 3. The Morgan fingerprint density at radius 1 is 1.22 bits per heavy atom. The molecule has 1 fully saturated rings. The molecular formula is C17H21ClN4O. The van der Waals surface area contributed by atoms with Gasteiger partial charge < -0.3 is 0 Å². The first-order valence-electron chi connectivity index (χ1n) is 7.98. The van der Waals surface area contributed by atoms with E-state index >= 15 is 0 Å². The van der Waals surface area contributed by atoms with Gasteiger partial charge >= 0.3 is 0 Å². The van der Waals surface area contributed by atoms with Crippen molar-refractivity contribution in [2.45, 2.75) is 32.7 Å². The SMILES string of the molecule is Cc1nn(Cc2ccccc2)c(Cl)c1C(=O)NN1CCCCC1. The highest BCUT2D eigenvalue weighted by Crippen LogP contribution is 2.21. The smallest absolute Gasteiger partial charge is 0.270 e. The van der Waals surface area contributed by atoms with Gasteiger partial charge in [-0.05, 0) is 25.3 Å². The van der Waals surface area contributed by atoms with E-state index in [1.807, 2.05) is 42.3 Å². The van der Waals surface area contributed by atoms with Crippen LogP contribution in [0.2, 0.25) is 5.15 Å². The maximum atomic E-state index is 12.5. The van der Waals surface area contributed by atoms with Crippen LogP contribution < -0.4 is 5.43 Å². The van der Waals surface area contributed by atoms with Crippen molar-refractivity contribution in [3.05, 3.63) is 52.3 Å². The van der Waals surface area contributed by atoms with Crippen molar-refractivity contribution >= 4 is 17.5 Å². The topological polar surface area (TPSA) is 50.2 Å². The summed E-state index contributed by atoms with van der Waals surface area (Å²) in [6.45, 7) is 4.15. The number of piperidine rings is 1. The Bertz CT molecular complexity index is 677. The van der Waals surface area contributed by atoms with Crippen molar-refractivity contribution in [3.63, 3.8) is 0 Å². The molecule has 0 atom stereocenters. The maximum absolute atomic E-state index is 12.5. The average molecular weight is 333 g/mol. The molecule has 1 saturated heterocycles. The van der Waals surface area contributed by atoms with Gasteiger partial charge in [0.1, 0.15) is 10.7 Å². The minimum Gasteiger partial charge on any atom is -0.285 e. The van der Waals surface area contributed by atoms with Crippen LogP contribution in [0.3, 0.4) is 0 Å². The van der Waals surface area contributed by atoms with E-state index in [1.165, 1.54) is 6.42 Å². The second-order valence-corrected chi connectivity index (χ2v) is 6.24. The summed E-state index contributed by atoms with van der Waals surface area (Å²) in [6, 6.07) is 9.95. The van der Waals surface area contributed by atoms with Crippen LogP contribution in [0, 0.1) is 6.92 Å². The number of amides is 1. The van der Waals surface area contributed by atoms with E-state index in [0.29, 0.717) is 23.0 Å². The molecule has 1 amide bonds. The molecule has 0 spiro atoms. The summed E-state index contributed by atoms with van der Waals surface area (Å²) in [5.41, 5.74) is 5.17. The predicted molar refractivity (Wildman–Crippen MR) is 90.4 cm³/mol. The summed E-state index contributed by atoms with van der Waals surface area (Å²) in [4.78, 5) is 12.5. The van der Waals surface area contributed by atoms with Gasteiger partial charge in [0.15, 0.2) is 0 Å². The van der Waals surface area contributed by atoms with Crippen LogP contribution in [0.5, 0.6) is 0 Å². The number of hydrazine groups is 1. The van der Waals surface area contributed by atoms with Crippen molar-refractivity contribution in [3.8, 4) is 0 Å². The monoisotopic (exact) mass is 332 g/mol. The number of hydrogen-bond donors (Lipinski definition) is 1. The van der Waals surface area contributed by atoms with Crippen LogP contribution in [-0.4, -0.2) is 33.8 Å². The van der Waals surface area contributed by atoms with Crippen molar-refractivity contribution in [1.29, 1.82) is 0 Å². The molecule has 1 aromatic carbocycles. The Kier molecular flexibility index (Phi) is 4.98. The van der Waals surface area contributed by atoms with Gasteiger partial charge in [-0.1, -0.05) is 48.4 Å². The van der Waals surface area contributed by atoms with E-state index in [1.54, 1.807) is 4.68 Å². The normalized spacial score (nSPS) is 15.6. The molecule has 5 nitrogen and oxygen atoms in total. The fraction of sp³-hybridized carbons (Fsp3) is 0.412. The highest BCUT2D eigenvalue weighted by atomic mass is 35.5. The summed E-state index contributed by atoms with van der Waals surface area (Å²) in [7, 11) is 0. The van der Waals surface area contributed by atoms with Gasteiger partial charge in [-0.2, -0.15) is 5.10 Å². The minimum atomic E-state index is -0.172. The number of aromatic nitrogens is 2. The minimum absolute atomic E-state index is 0.172. The van der Waals surface area contributed by atoms with Crippen molar-refractivity contribution < 1.29 is 4.79 Å². The molecule has 1 N–H and O–H groups in total. The molecule has 6 heteroatoms. The van der Waals surface area contributed by atoms with Crippen LogP contribution in [-0.2, 0) is 6.54 Å². The molecule has 1 aromatic heterocycles. The van der Waals surface area contributed by atoms with Crippen molar-refractivity contribution in [1.82, 2.24) is 20.2 Å². The van der Waals surface area contributed by atoms with E-state index < -0.39 is 0 Å². The summed E-state index contributed by atoms with van der Waals surface area (Å²) in [5.74, 6) is -0.172. The first-order valence-corrected chi connectivity index (χ1v) is 8.35. The number of benzene rings is 1. The Morgan fingerprint density at radius 3 is 2.61 bits per heavy atom. The Hall–Kier alpha value is -1.85. The highest BCUT2D eigenvalue weighted by Gasteiger charge is 2.22. The van der Waals surface area contributed by atoms with Crippen LogP contribution in [0.15, 0.2) is 30.3 Å². The number of halogens is 1. The molecule has 23 heavy (non-hydrogen) atoms. The Morgan fingerprint density at radius 2 is 1.91 bits per heavy atom. The number of aryl methyl sites for hydroxylation is 1. The molecule has 0 saturated carbocycles. The Labute approximate surface area is 141 Å². The third-order valence-corrected chi connectivity index (χ3v) is 4.47. The second kappa shape index (κ2) is 7.15. The highest BCUT2D eigenvalue weighted by molar-refractivity contribution is 6.33. The molecular weight excluding hydrogens is 312 g/mol. The lowest BCUT2D eigenvalue weighted by Gasteiger charge is -2.26. The molecule has 1 aliphatic rings. The molecule has 122 valence electrons.